The summed E-state index contributed by atoms with van der Waals surface area (Å²) in [5.41, 5.74) is 4.43. The average Bonchev–Trinajstić information content (AvgIpc) is 3.78. The lowest BCUT2D eigenvalue weighted by Gasteiger charge is -2.13. The van der Waals surface area contributed by atoms with Gasteiger partial charge in [-0.3, -0.25) is 4.79 Å². The van der Waals surface area contributed by atoms with E-state index in [2.05, 4.69) is 133 Å². The van der Waals surface area contributed by atoms with Gasteiger partial charge in [-0.2, -0.15) is 0 Å². The maximum absolute atomic E-state index is 15.2. The zero-order valence-electron chi connectivity index (χ0n) is 24.4. The molecule has 2 heterocycles. The van der Waals surface area contributed by atoms with Crippen LogP contribution < -0.4 is 5.43 Å². The van der Waals surface area contributed by atoms with Crippen molar-refractivity contribution in [1.29, 1.82) is 0 Å². The highest BCUT2D eigenvalue weighted by Gasteiger charge is 2.25. The molecule has 0 amide bonds. The standard InChI is InChI=1S/C43H22OS2/c44-41-39-29(33-15-7-13-31-25-11-3-5-17-35(25)45-42(31)33)21-19-27-23-9-1-2-10-24(23)28-20-22-30(40(41)38(28)37(27)39)34-16-8-14-32-26-12-4-6-18-36(26)46-43(32)34/h1-22H. The van der Waals surface area contributed by atoms with Gasteiger partial charge in [0, 0.05) is 73.0 Å². The summed E-state index contributed by atoms with van der Waals surface area (Å²) in [5.74, 6) is 0. The molecule has 11 aromatic rings. The molecule has 0 radical (unpaired) electrons. The van der Waals surface area contributed by atoms with E-state index in [-0.39, 0.29) is 5.43 Å². The summed E-state index contributed by atoms with van der Waals surface area (Å²) in [7, 11) is 0. The Morgan fingerprint density at radius 2 is 0.717 bits per heavy atom. The van der Waals surface area contributed by atoms with Crippen molar-refractivity contribution in [2.75, 3.05) is 0 Å². The summed E-state index contributed by atoms with van der Waals surface area (Å²) in [6.45, 7) is 0. The van der Waals surface area contributed by atoms with Gasteiger partial charge in [-0.1, -0.05) is 121 Å². The van der Waals surface area contributed by atoms with Crippen molar-refractivity contribution < 1.29 is 0 Å². The van der Waals surface area contributed by atoms with Crippen molar-refractivity contribution in [2.45, 2.75) is 0 Å². The summed E-state index contributed by atoms with van der Waals surface area (Å²) < 4.78 is 5.00. The van der Waals surface area contributed by atoms with Crippen LogP contribution in [-0.2, 0) is 0 Å². The van der Waals surface area contributed by atoms with E-state index in [9.17, 15) is 0 Å². The number of fused-ring (bicyclic) bond motifs is 9. The molecule has 0 aliphatic carbocycles. The lowest BCUT2D eigenvalue weighted by molar-refractivity contribution is 1.74. The van der Waals surface area contributed by atoms with Crippen LogP contribution in [0, 0.1) is 0 Å². The molecule has 0 unspecified atom stereocenters. The van der Waals surface area contributed by atoms with Crippen molar-refractivity contribution in [3.05, 3.63) is 144 Å². The highest BCUT2D eigenvalue weighted by Crippen LogP contribution is 2.49. The third-order valence-corrected chi connectivity index (χ3v) is 12.5. The molecule has 0 aliphatic rings. The molecule has 1 nitrogen and oxygen atoms in total. The largest absolute Gasteiger partial charge is 0.289 e. The highest BCUT2D eigenvalue weighted by atomic mass is 32.1. The van der Waals surface area contributed by atoms with Crippen LogP contribution in [0.2, 0.25) is 0 Å². The van der Waals surface area contributed by atoms with E-state index >= 15 is 4.79 Å². The Morgan fingerprint density at radius 3 is 1.20 bits per heavy atom. The quantitative estimate of drug-likeness (QED) is 0.176. The summed E-state index contributed by atoms with van der Waals surface area (Å²) in [4.78, 5) is 15.2. The van der Waals surface area contributed by atoms with Crippen LogP contribution in [0.25, 0.3) is 106 Å². The Labute approximate surface area is 270 Å². The third kappa shape index (κ3) is 3.07. The second-order valence-corrected chi connectivity index (χ2v) is 14.4. The fourth-order valence-electron chi connectivity index (χ4n) is 8.09. The first kappa shape index (κ1) is 24.9. The van der Waals surface area contributed by atoms with Gasteiger partial charge in [-0.25, -0.2) is 0 Å². The van der Waals surface area contributed by atoms with Gasteiger partial charge in [-0.15, -0.1) is 22.7 Å². The van der Waals surface area contributed by atoms with Gasteiger partial charge in [0.2, 0.25) is 0 Å². The van der Waals surface area contributed by atoms with Crippen molar-refractivity contribution in [3.8, 4) is 22.3 Å². The first-order chi connectivity index (χ1) is 22.8. The molecule has 46 heavy (non-hydrogen) atoms. The molecule has 0 saturated heterocycles. The van der Waals surface area contributed by atoms with E-state index in [1.807, 2.05) is 22.7 Å². The predicted molar refractivity (Wildman–Crippen MR) is 202 cm³/mol. The number of hydrogen-bond donors (Lipinski definition) is 0. The minimum atomic E-state index is 0.128. The second kappa shape index (κ2) is 8.88. The Balaban J connectivity index is 1.33. The van der Waals surface area contributed by atoms with Gasteiger partial charge in [-0.05, 0) is 44.8 Å². The van der Waals surface area contributed by atoms with Gasteiger partial charge in [0.25, 0.3) is 0 Å². The minimum Gasteiger partial charge on any atom is -0.289 e. The normalized spacial score (nSPS) is 12.4. The number of thiophene rings is 2. The smallest absolute Gasteiger partial charge is 0.195 e. The molecule has 0 atom stereocenters. The van der Waals surface area contributed by atoms with E-state index in [0.717, 1.165) is 54.6 Å². The van der Waals surface area contributed by atoms with Gasteiger partial charge in [0.15, 0.2) is 5.43 Å². The first-order valence-corrected chi connectivity index (χ1v) is 17.2. The number of benzene rings is 8. The van der Waals surface area contributed by atoms with Crippen LogP contribution >= 0.6 is 22.7 Å². The van der Waals surface area contributed by atoms with Gasteiger partial charge in [0.1, 0.15) is 0 Å². The van der Waals surface area contributed by atoms with Crippen molar-refractivity contribution in [2.24, 2.45) is 0 Å². The Morgan fingerprint density at radius 1 is 0.304 bits per heavy atom. The van der Waals surface area contributed by atoms with E-state index in [1.165, 1.54) is 51.1 Å². The van der Waals surface area contributed by atoms with E-state index in [1.54, 1.807) is 0 Å². The fraction of sp³-hybridized carbons (Fsp3) is 0. The zero-order chi connectivity index (χ0) is 30.1. The molecule has 0 saturated carbocycles. The lowest BCUT2D eigenvalue weighted by atomic mass is 9.90. The first-order valence-electron chi connectivity index (χ1n) is 15.6. The number of hydrogen-bond acceptors (Lipinski definition) is 3. The van der Waals surface area contributed by atoms with Crippen LogP contribution in [0.3, 0.4) is 0 Å². The van der Waals surface area contributed by atoms with E-state index in [0.29, 0.717) is 0 Å². The molecular weight excluding hydrogens is 597 g/mol. The molecule has 2 aromatic heterocycles. The van der Waals surface area contributed by atoms with Crippen LogP contribution in [0.15, 0.2) is 138 Å². The molecule has 212 valence electrons. The van der Waals surface area contributed by atoms with Crippen molar-refractivity contribution in [3.63, 3.8) is 0 Å². The second-order valence-electron chi connectivity index (χ2n) is 12.3. The van der Waals surface area contributed by atoms with Crippen LogP contribution in [0.1, 0.15) is 0 Å². The lowest BCUT2D eigenvalue weighted by Crippen LogP contribution is -1.98. The fourth-order valence-corrected chi connectivity index (χ4v) is 10.6. The molecular formula is C43H22OS2. The van der Waals surface area contributed by atoms with E-state index < -0.39 is 0 Å². The van der Waals surface area contributed by atoms with Crippen LogP contribution in [0.5, 0.6) is 0 Å². The van der Waals surface area contributed by atoms with Crippen molar-refractivity contribution >= 4 is 106 Å². The minimum absolute atomic E-state index is 0.128. The summed E-state index contributed by atoms with van der Waals surface area (Å²) in [5, 5.41) is 13.6. The molecule has 0 N–H and O–H groups in total. The number of rotatable bonds is 2. The Bertz CT molecular complexity index is 2900. The summed E-state index contributed by atoms with van der Waals surface area (Å²) >= 11 is 3.63. The summed E-state index contributed by atoms with van der Waals surface area (Å²) in [6.07, 6.45) is 0. The molecule has 0 aliphatic heterocycles. The monoisotopic (exact) mass is 618 g/mol. The maximum Gasteiger partial charge on any atom is 0.195 e. The van der Waals surface area contributed by atoms with Gasteiger partial charge in [0.05, 0.1) is 0 Å². The highest BCUT2D eigenvalue weighted by molar-refractivity contribution is 7.26. The zero-order valence-corrected chi connectivity index (χ0v) is 26.1. The van der Waals surface area contributed by atoms with Gasteiger partial charge >= 0.3 is 0 Å². The third-order valence-electron chi connectivity index (χ3n) is 10.0. The van der Waals surface area contributed by atoms with Crippen LogP contribution in [0.4, 0.5) is 0 Å². The molecule has 0 fully saturated rings. The van der Waals surface area contributed by atoms with Crippen LogP contribution in [-0.4, -0.2) is 0 Å². The molecule has 0 spiro atoms. The van der Waals surface area contributed by atoms with Gasteiger partial charge < -0.3 is 0 Å². The Kier molecular flexibility index (Phi) is 4.81. The average molecular weight is 619 g/mol. The van der Waals surface area contributed by atoms with Crippen molar-refractivity contribution in [1.82, 2.24) is 0 Å². The molecule has 11 rings (SSSR count). The topological polar surface area (TPSA) is 17.1 Å². The van der Waals surface area contributed by atoms with E-state index in [4.69, 9.17) is 0 Å². The maximum atomic E-state index is 15.2. The summed E-state index contributed by atoms with van der Waals surface area (Å²) in [6, 6.07) is 47.9. The SMILES string of the molecule is O=c1c2c(-c3cccc4c3sc3ccccc34)ccc3c4ccccc4c4ccc(-c5cccc6c5sc5ccccc56)c1c4c23. The molecule has 3 heteroatoms. The molecule has 0 bridgehead atoms. The Hall–Kier alpha value is -5.35. The predicted octanol–water partition coefficient (Wildman–Crippen LogP) is 12.6. The molecule has 9 aromatic carbocycles.